The van der Waals surface area contributed by atoms with Gasteiger partial charge in [-0.25, -0.2) is 4.98 Å². The van der Waals surface area contributed by atoms with Crippen molar-refractivity contribution in [3.05, 3.63) is 83.4 Å². The number of aliphatic hydroxyl groups excluding tert-OH is 1. The van der Waals surface area contributed by atoms with Crippen molar-refractivity contribution in [1.29, 1.82) is 0 Å². The molecule has 1 fully saturated rings. The predicted octanol–water partition coefficient (Wildman–Crippen LogP) is 4.50. The smallest absolute Gasteiger partial charge is 0.295 e. The molecule has 1 saturated heterocycles. The third-order valence-electron chi connectivity index (χ3n) is 6.20. The van der Waals surface area contributed by atoms with Gasteiger partial charge < -0.3 is 24.0 Å². The van der Waals surface area contributed by atoms with Crippen LogP contribution < -0.4 is 9.47 Å². The summed E-state index contributed by atoms with van der Waals surface area (Å²) in [5.74, 6) is -0.449. The second kappa shape index (κ2) is 11.1. The van der Waals surface area contributed by atoms with Crippen LogP contribution in [0.25, 0.3) is 5.76 Å². The highest BCUT2D eigenvalue weighted by Gasteiger charge is 2.46. The Kier molecular flexibility index (Phi) is 7.73. The van der Waals surface area contributed by atoms with Crippen molar-refractivity contribution in [3.63, 3.8) is 0 Å². The summed E-state index contributed by atoms with van der Waals surface area (Å²) < 4.78 is 13.3. The Balaban J connectivity index is 1.75. The average Bonchev–Trinajstić information content (AvgIpc) is 3.49. The number of ether oxygens (including phenoxy) is 2. The number of hydrogen-bond donors (Lipinski definition) is 1. The second-order valence-electron chi connectivity index (χ2n) is 8.77. The summed E-state index contributed by atoms with van der Waals surface area (Å²) in [6, 6.07) is 11.8. The van der Waals surface area contributed by atoms with Gasteiger partial charge in [0, 0.05) is 31.0 Å². The molecule has 8 heteroatoms. The average molecular weight is 490 g/mol. The fourth-order valence-corrected chi connectivity index (χ4v) is 4.35. The normalized spacial score (nSPS) is 17.0. The largest absolute Gasteiger partial charge is 0.507 e. The summed E-state index contributed by atoms with van der Waals surface area (Å²) in [5, 5.41) is 11.2. The van der Waals surface area contributed by atoms with Crippen LogP contribution in [0.5, 0.6) is 11.5 Å². The van der Waals surface area contributed by atoms with Crippen molar-refractivity contribution in [1.82, 2.24) is 14.5 Å². The zero-order chi connectivity index (χ0) is 25.7. The highest BCUT2D eigenvalue weighted by Crippen LogP contribution is 2.42. The van der Waals surface area contributed by atoms with Crippen LogP contribution in [0, 0.1) is 6.92 Å². The SMILES string of the molecule is CCCOc1ccc([C@@H]2/C(=C(\O)c3ccc(C)cc3)C(=O)C(=O)N2CCCn2ccnc2)cc1OC. The summed E-state index contributed by atoms with van der Waals surface area (Å²) in [7, 11) is 1.55. The van der Waals surface area contributed by atoms with Crippen LogP contribution in [-0.4, -0.2) is 51.5 Å². The van der Waals surface area contributed by atoms with Gasteiger partial charge in [-0.2, -0.15) is 0 Å². The summed E-state index contributed by atoms with van der Waals surface area (Å²) in [6.45, 7) is 5.46. The molecule has 2 heterocycles. The van der Waals surface area contributed by atoms with Gasteiger partial charge in [0.15, 0.2) is 11.5 Å². The maximum Gasteiger partial charge on any atom is 0.295 e. The van der Waals surface area contributed by atoms with Crippen LogP contribution in [0.1, 0.15) is 42.5 Å². The molecule has 0 aliphatic carbocycles. The zero-order valence-electron chi connectivity index (χ0n) is 20.8. The molecule has 0 unspecified atom stereocenters. The monoisotopic (exact) mass is 489 g/mol. The van der Waals surface area contributed by atoms with Crippen LogP contribution in [0.15, 0.2) is 66.8 Å². The van der Waals surface area contributed by atoms with Gasteiger partial charge in [0.05, 0.1) is 31.7 Å². The molecule has 4 rings (SSSR count). The van der Waals surface area contributed by atoms with Crippen LogP contribution in [-0.2, 0) is 16.1 Å². The molecular weight excluding hydrogens is 458 g/mol. The number of benzene rings is 2. The lowest BCUT2D eigenvalue weighted by atomic mass is 9.94. The number of imidazole rings is 1. The van der Waals surface area contributed by atoms with Crippen molar-refractivity contribution in [2.75, 3.05) is 20.3 Å². The zero-order valence-corrected chi connectivity index (χ0v) is 20.8. The van der Waals surface area contributed by atoms with E-state index in [1.807, 2.05) is 42.8 Å². The van der Waals surface area contributed by atoms with Crippen molar-refractivity contribution >= 4 is 17.4 Å². The number of likely N-dealkylation sites (tertiary alicyclic amines) is 1. The van der Waals surface area contributed by atoms with Gasteiger partial charge in [0.1, 0.15) is 5.76 Å². The Morgan fingerprint density at radius 2 is 1.86 bits per heavy atom. The van der Waals surface area contributed by atoms with E-state index in [4.69, 9.17) is 9.47 Å². The van der Waals surface area contributed by atoms with E-state index < -0.39 is 17.7 Å². The topological polar surface area (TPSA) is 93.9 Å². The van der Waals surface area contributed by atoms with Crippen molar-refractivity contribution in [3.8, 4) is 11.5 Å². The lowest BCUT2D eigenvalue weighted by Gasteiger charge is -2.26. The lowest BCUT2D eigenvalue weighted by molar-refractivity contribution is -0.139. The first-order valence-corrected chi connectivity index (χ1v) is 12.1. The number of carbonyl (C=O) groups is 2. The second-order valence-corrected chi connectivity index (χ2v) is 8.77. The van der Waals surface area contributed by atoms with E-state index >= 15 is 0 Å². The molecule has 0 saturated carbocycles. The number of amides is 1. The standard InChI is InChI=1S/C28H31N3O5/c1-4-16-36-22-11-10-21(17-23(22)35-3)25-24(26(32)20-8-6-19(2)7-9-20)27(33)28(34)31(25)14-5-13-30-15-12-29-18-30/h6-12,15,17-18,25,32H,4-5,13-14,16H2,1-3H3/b26-24+/t25-/m1/s1. The van der Waals surface area contributed by atoms with E-state index in [9.17, 15) is 14.7 Å². The highest BCUT2D eigenvalue weighted by molar-refractivity contribution is 6.46. The molecular formula is C28H31N3O5. The fourth-order valence-electron chi connectivity index (χ4n) is 4.35. The van der Waals surface area contributed by atoms with Crippen LogP contribution in [0.4, 0.5) is 0 Å². The van der Waals surface area contributed by atoms with Gasteiger partial charge in [0.2, 0.25) is 0 Å². The summed E-state index contributed by atoms with van der Waals surface area (Å²) in [6.07, 6.45) is 6.71. The number of Topliss-reactive ketones (excluding diaryl/α,β-unsaturated/α-hetero) is 1. The van der Waals surface area contributed by atoms with E-state index in [2.05, 4.69) is 4.98 Å². The number of aliphatic hydroxyl groups is 1. The van der Waals surface area contributed by atoms with Crippen molar-refractivity contribution < 1.29 is 24.2 Å². The van der Waals surface area contributed by atoms with E-state index in [-0.39, 0.29) is 11.3 Å². The number of carbonyl (C=O) groups excluding carboxylic acids is 2. The molecule has 188 valence electrons. The third kappa shape index (κ3) is 5.12. The molecule has 1 atom stereocenters. The maximum absolute atomic E-state index is 13.3. The fraction of sp³-hybridized carbons (Fsp3) is 0.321. The predicted molar refractivity (Wildman–Crippen MR) is 136 cm³/mol. The van der Waals surface area contributed by atoms with Crippen LogP contribution in [0.2, 0.25) is 0 Å². The third-order valence-corrected chi connectivity index (χ3v) is 6.20. The minimum atomic E-state index is -0.761. The minimum absolute atomic E-state index is 0.0655. The van der Waals surface area contributed by atoms with Gasteiger partial charge in [-0.15, -0.1) is 0 Å². The van der Waals surface area contributed by atoms with Gasteiger partial charge in [0.25, 0.3) is 11.7 Å². The van der Waals surface area contributed by atoms with Gasteiger partial charge in [-0.1, -0.05) is 42.8 Å². The molecule has 1 N–H and O–H groups in total. The van der Waals surface area contributed by atoms with E-state index in [0.717, 1.165) is 12.0 Å². The number of ketones is 1. The first kappa shape index (κ1) is 25.0. The molecule has 1 aliphatic heterocycles. The molecule has 2 aromatic carbocycles. The number of methoxy groups -OCH3 is 1. The first-order chi connectivity index (χ1) is 17.4. The Bertz CT molecular complexity index is 1250. The molecule has 1 aliphatic rings. The van der Waals surface area contributed by atoms with Crippen LogP contribution >= 0.6 is 0 Å². The molecule has 8 nitrogen and oxygen atoms in total. The lowest BCUT2D eigenvalue weighted by Crippen LogP contribution is -2.31. The summed E-state index contributed by atoms with van der Waals surface area (Å²) >= 11 is 0. The number of rotatable bonds is 10. The molecule has 1 aromatic heterocycles. The highest BCUT2D eigenvalue weighted by atomic mass is 16.5. The van der Waals surface area contributed by atoms with E-state index in [0.29, 0.717) is 48.7 Å². The Morgan fingerprint density at radius 1 is 1.08 bits per heavy atom. The molecule has 3 aromatic rings. The molecule has 0 bridgehead atoms. The van der Waals surface area contributed by atoms with Gasteiger partial charge in [-0.05, 0) is 37.5 Å². The first-order valence-electron chi connectivity index (χ1n) is 12.1. The van der Waals surface area contributed by atoms with E-state index in [1.165, 1.54) is 4.90 Å². The Hall–Kier alpha value is -4.07. The van der Waals surface area contributed by atoms with E-state index in [1.54, 1.807) is 43.9 Å². The Morgan fingerprint density at radius 3 is 2.53 bits per heavy atom. The molecule has 36 heavy (non-hydrogen) atoms. The number of aryl methyl sites for hydroxylation is 2. The van der Waals surface area contributed by atoms with Gasteiger partial charge in [-0.3, -0.25) is 9.59 Å². The van der Waals surface area contributed by atoms with Gasteiger partial charge >= 0.3 is 0 Å². The summed E-state index contributed by atoms with van der Waals surface area (Å²) in [4.78, 5) is 32.0. The molecule has 1 amide bonds. The van der Waals surface area contributed by atoms with Crippen molar-refractivity contribution in [2.24, 2.45) is 0 Å². The number of aromatic nitrogens is 2. The van der Waals surface area contributed by atoms with Crippen LogP contribution in [0.3, 0.4) is 0 Å². The summed E-state index contributed by atoms with van der Waals surface area (Å²) in [5.41, 5.74) is 2.23. The molecule has 0 radical (unpaired) electrons. The minimum Gasteiger partial charge on any atom is -0.507 e. The number of hydrogen-bond acceptors (Lipinski definition) is 6. The Labute approximate surface area is 210 Å². The molecule has 0 spiro atoms. The van der Waals surface area contributed by atoms with Crippen molar-refractivity contribution in [2.45, 2.75) is 39.3 Å². The maximum atomic E-state index is 13.3. The quantitative estimate of drug-likeness (QED) is 0.256. The number of nitrogens with zero attached hydrogens (tertiary/aromatic N) is 3.